The summed E-state index contributed by atoms with van der Waals surface area (Å²) in [6, 6.07) is 4.20. The first kappa shape index (κ1) is 15.9. The van der Waals surface area contributed by atoms with E-state index in [-0.39, 0.29) is 0 Å². The topological polar surface area (TPSA) is 52.6 Å². The fraction of sp³-hybridized carbons (Fsp3) is 0.643. The number of nitrogens with one attached hydrogen (secondary N) is 1. The molecule has 0 aliphatic heterocycles. The highest BCUT2D eigenvalue weighted by Crippen LogP contribution is 2.13. The Labute approximate surface area is 115 Å². The SMILES string of the molecule is CNC(C)c1ccc(OCCOCCCOC)nc1. The molecule has 1 atom stereocenters. The van der Waals surface area contributed by atoms with Gasteiger partial charge in [0.2, 0.25) is 5.88 Å². The number of aromatic nitrogens is 1. The van der Waals surface area contributed by atoms with Crippen LogP contribution in [0, 0.1) is 0 Å². The predicted octanol–water partition coefficient (Wildman–Crippen LogP) is 1.79. The Morgan fingerprint density at radius 2 is 2.05 bits per heavy atom. The Kier molecular flexibility index (Phi) is 8.13. The molecule has 5 nitrogen and oxygen atoms in total. The van der Waals surface area contributed by atoms with Gasteiger partial charge in [-0.25, -0.2) is 4.98 Å². The van der Waals surface area contributed by atoms with Gasteiger partial charge in [0.05, 0.1) is 6.61 Å². The average Bonchev–Trinajstić information content (AvgIpc) is 2.46. The summed E-state index contributed by atoms with van der Waals surface area (Å²) in [6.45, 7) is 4.60. The van der Waals surface area contributed by atoms with Gasteiger partial charge in [0.25, 0.3) is 0 Å². The first-order chi connectivity index (χ1) is 9.27. The molecule has 0 amide bonds. The molecule has 0 spiro atoms. The minimum atomic E-state index is 0.297. The van der Waals surface area contributed by atoms with Crippen molar-refractivity contribution in [2.24, 2.45) is 0 Å². The summed E-state index contributed by atoms with van der Waals surface area (Å²) >= 11 is 0. The van der Waals surface area contributed by atoms with Crippen LogP contribution in [0.1, 0.15) is 24.9 Å². The Morgan fingerprint density at radius 1 is 1.21 bits per heavy atom. The predicted molar refractivity (Wildman–Crippen MR) is 74.5 cm³/mol. The summed E-state index contributed by atoms with van der Waals surface area (Å²) in [7, 11) is 3.61. The van der Waals surface area contributed by atoms with Crippen molar-refractivity contribution in [2.45, 2.75) is 19.4 Å². The second kappa shape index (κ2) is 9.72. The van der Waals surface area contributed by atoms with E-state index in [9.17, 15) is 0 Å². The number of nitrogens with zero attached hydrogens (tertiary/aromatic N) is 1. The number of pyridine rings is 1. The number of hydrogen-bond acceptors (Lipinski definition) is 5. The Morgan fingerprint density at radius 3 is 2.68 bits per heavy atom. The standard InChI is InChI=1S/C14H24N2O3/c1-12(15-2)13-5-6-14(16-11-13)19-10-9-18-8-4-7-17-3/h5-6,11-12,15H,4,7-10H2,1-3H3. The minimum absolute atomic E-state index is 0.297. The van der Waals surface area contributed by atoms with E-state index in [1.165, 1.54) is 0 Å². The molecule has 1 aromatic heterocycles. The summed E-state index contributed by atoms with van der Waals surface area (Å²) in [6.07, 6.45) is 2.74. The summed E-state index contributed by atoms with van der Waals surface area (Å²) < 4.78 is 15.8. The molecule has 0 saturated heterocycles. The lowest BCUT2D eigenvalue weighted by molar-refractivity contribution is 0.0795. The maximum Gasteiger partial charge on any atom is 0.213 e. The van der Waals surface area contributed by atoms with Crippen molar-refractivity contribution in [3.63, 3.8) is 0 Å². The van der Waals surface area contributed by atoms with Crippen molar-refractivity contribution in [3.8, 4) is 5.88 Å². The molecule has 1 aromatic rings. The van der Waals surface area contributed by atoms with Crippen LogP contribution in [-0.2, 0) is 9.47 Å². The van der Waals surface area contributed by atoms with Crippen molar-refractivity contribution in [2.75, 3.05) is 40.6 Å². The molecule has 108 valence electrons. The molecule has 0 radical (unpaired) electrons. The van der Waals surface area contributed by atoms with E-state index in [1.54, 1.807) is 7.11 Å². The third-order valence-corrected chi connectivity index (χ3v) is 2.81. The molecular formula is C14H24N2O3. The summed E-state index contributed by atoms with van der Waals surface area (Å²) in [5.74, 6) is 0.632. The number of ether oxygens (including phenoxy) is 3. The molecule has 0 bridgehead atoms. The molecule has 19 heavy (non-hydrogen) atoms. The van der Waals surface area contributed by atoms with Crippen LogP contribution in [0.2, 0.25) is 0 Å². The largest absolute Gasteiger partial charge is 0.475 e. The van der Waals surface area contributed by atoms with Crippen molar-refractivity contribution >= 4 is 0 Å². The highest BCUT2D eigenvalue weighted by atomic mass is 16.5. The van der Waals surface area contributed by atoms with Crippen LogP contribution in [-0.4, -0.2) is 45.6 Å². The van der Waals surface area contributed by atoms with Gasteiger partial charge in [-0.05, 0) is 26.0 Å². The van der Waals surface area contributed by atoms with E-state index >= 15 is 0 Å². The lowest BCUT2D eigenvalue weighted by Gasteiger charge is -2.11. The summed E-state index contributed by atoms with van der Waals surface area (Å²) in [5, 5.41) is 3.17. The highest BCUT2D eigenvalue weighted by Gasteiger charge is 2.03. The zero-order chi connectivity index (χ0) is 13.9. The van der Waals surface area contributed by atoms with Crippen LogP contribution >= 0.6 is 0 Å². The van der Waals surface area contributed by atoms with Crippen LogP contribution in [0.3, 0.4) is 0 Å². The van der Waals surface area contributed by atoms with Crippen LogP contribution in [0.4, 0.5) is 0 Å². The number of hydrogen-bond donors (Lipinski definition) is 1. The maximum atomic E-state index is 5.49. The quantitative estimate of drug-likeness (QED) is 0.656. The van der Waals surface area contributed by atoms with Gasteiger partial charge in [-0.15, -0.1) is 0 Å². The Bertz CT molecular complexity index is 330. The Balaban J connectivity index is 2.16. The van der Waals surface area contributed by atoms with Gasteiger partial charge in [0.1, 0.15) is 6.61 Å². The minimum Gasteiger partial charge on any atom is -0.475 e. The highest BCUT2D eigenvalue weighted by molar-refractivity contribution is 5.20. The Hall–Kier alpha value is -1.17. The first-order valence-electron chi connectivity index (χ1n) is 6.60. The monoisotopic (exact) mass is 268 g/mol. The second-order valence-corrected chi connectivity index (χ2v) is 4.25. The normalized spacial score (nSPS) is 12.4. The van der Waals surface area contributed by atoms with E-state index in [0.29, 0.717) is 31.7 Å². The van der Waals surface area contributed by atoms with Crippen molar-refractivity contribution < 1.29 is 14.2 Å². The molecule has 0 aliphatic carbocycles. The maximum absolute atomic E-state index is 5.49. The van der Waals surface area contributed by atoms with Gasteiger partial charge in [0, 0.05) is 38.6 Å². The summed E-state index contributed by atoms with van der Waals surface area (Å²) in [4.78, 5) is 4.26. The first-order valence-corrected chi connectivity index (χ1v) is 6.60. The third-order valence-electron chi connectivity index (χ3n) is 2.81. The molecule has 0 saturated carbocycles. The molecule has 1 N–H and O–H groups in total. The van der Waals surface area contributed by atoms with Crippen LogP contribution < -0.4 is 10.1 Å². The van der Waals surface area contributed by atoms with Crippen LogP contribution in [0.25, 0.3) is 0 Å². The lowest BCUT2D eigenvalue weighted by atomic mass is 10.1. The molecule has 1 rings (SSSR count). The van der Waals surface area contributed by atoms with Gasteiger partial charge in [-0.3, -0.25) is 0 Å². The van der Waals surface area contributed by atoms with Gasteiger partial charge in [0.15, 0.2) is 0 Å². The van der Waals surface area contributed by atoms with Gasteiger partial charge in [-0.1, -0.05) is 6.07 Å². The van der Waals surface area contributed by atoms with E-state index in [0.717, 1.165) is 18.6 Å². The zero-order valence-corrected chi connectivity index (χ0v) is 12.0. The molecule has 0 aliphatic rings. The van der Waals surface area contributed by atoms with Gasteiger partial charge in [-0.2, -0.15) is 0 Å². The van der Waals surface area contributed by atoms with Crippen LogP contribution in [0.5, 0.6) is 5.88 Å². The van der Waals surface area contributed by atoms with E-state index in [1.807, 2.05) is 25.4 Å². The van der Waals surface area contributed by atoms with E-state index in [2.05, 4.69) is 17.2 Å². The fourth-order valence-corrected chi connectivity index (χ4v) is 1.51. The van der Waals surface area contributed by atoms with Crippen molar-refractivity contribution in [1.82, 2.24) is 10.3 Å². The molecular weight excluding hydrogens is 244 g/mol. The zero-order valence-electron chi connectivity index (χ0n) is 12.0. The fourth-order valence-electron chi connectivity index (χ4n) is 1.51. The molecule has 5 heteroatoms. The number of rotatable bonds is 10. The van der Waals surface area contributed by atoms with Crippen molar-refractivity contribution in [3.05, 3.63) is 23.9 Å². The molecule has 0 aromatic carbocycles. The van der Waals surface area contributed by atoms with Crippen LogP contribution in [0.15, 0.2) is 18.3 Å². The van der Waals surface area contributed by atoms with Crippen molar-refractivity contribution in [1.29, 1.82) is 0 Å². The van der Waals surface area contributed by atoms with E-state index < -0.39 is 0 Å². The third kappa shape index (κ3) is 6.52. The average molecular weight is 268 g/mol. The molecule has 1 unspecified atom stereocenters. The van der Waals surface area contributed by atoms with E-state index in [4.69, 9.17) is 14.2 Å². The molecule has 1 heterocycles. The van der Waals surface area contributed by atoms with Gasteiger partial charge < -0.3 is 19.5 Å². The second-order valence-electron chi connectivity index (χ2n) is 4.25. The lowest BCUT2D eigenvalue weighted by Crippen LogP contribution is -2.13. The van der Waals surface area contributed by atoms with Gasteiger partial charge >= 0.3 is 0 Å². The summed E-state index contributed by atoms with van der Waals surface area (Å²) in [5.41, 5.74) is 1.14. The smallest absolute Gasteiger partial charge is 0.213 e. The molecule has 0 fully saturated rings. The number of methoxy groups -OCH3 is 1.